The van der Waals surface area contributed by atoms with Crippen molar-refractivity contribution in [1.29, 1.82) is 5.26 Å². The number of thiazole rings is 1. The van der Waals surface area contributed by atoms with E-state index >= 15 is 0 Å². The molecule has 6 nitrogen and oxygen atoms in total. The maximum atomic E-state index is 9.56. The summed E-state index contributed by atoms with van der Waals surface area (Å²) in [7, 11) is 0. The molecule has 27 heavy (non-hydrogen) atoms. The average molecular weight is 375 g/mol. The van der Waals surface area contributed by atoms with Crippen LogP contribution in [0.1, 0.15) is 10.6 Å². The molecular formula is C20H17N5OS. The van der Waals surface area contributed by atoms with Gasteiger partial charge in [0.15, 0.2) is 0 Å². The Kier molecular flexibility index (Phi) is 5.19. The lowest BCUT2D eigenvalue weighted by Crippen LogP contribution is -2.37. The summed E-state index contributed by atoms with van der Waals surface area (Å²) in [5.41, 5.74) is 3.19. The quantitative estimate of drug-likeness (QED) is 0.650. The van der Waals surface area contributed by atoms with Crippen LogP contribution in [0.5, 0.6) is 0 Å². The highest BCUT2D eigenvalue weighted by Crippen LogP contribution is 2.27. The molecule has 0 saturated carbocycles. The Morgan fingerprint density at radius 3 is 2.59 bits per heavy atom. The molecule has 1 aliphatic heterocycles. The number of allylic oxidation sites excluding steroid dienone is 1. The van der Waals surface area contributed by atoms with Crippen LogP contribution in [-0.2, 0) is 4.74 Å². The topological polar surface area (TPSA) is 74.9 Å². The fourth-order valence-electron chi connectivity index (χ4n) is 2.78. The van der Waals surface area contributed by atoms with Gasteiger partial charge in [0.2, 0.25) is 5.95 Å². The number of hydrogen-bond acceptors (Lipinski definition) is 7. The normalized spacial score (nSPS) is 14.8. The van der Waals surface area contributed by atoms with Gasteiger partial charge in [-0.3, -0.25) is 0 Å². The predicted molar refractivity (Wildman–Crippen MR) is 106 cm³/mol. The summed E-state index contributed by atoms with van der Waals surface area (Å²) in [5.74, 6) is 0.689. The first kappa shape index (κ1) is 17.3. The second-order valence-electron chi connectivity index (χ2n) is 5.99. The molecule has 0 atom stereocenters. The molecule has 0 spiro atoms. The van der Waals surface area contributed by atoms with E-state index in [2.05, 4.69) is 25.9 Å². The lowest BCUT2D eigenvalue weighted by molar-refractivity contribution is 0.122. The summed E-state index contributed by atoms with van der Waals surface area (Å²) in [4.78, 5) is 15.5. The van der Waals surface area contributed by atoms with E-state index in [-0.39, 0.29) is 0 Å². The highest BCUT2D eigenvalue weighted by atomic mass is 32.1. The van der Waals surface area contributed by atoms with Crippen molar-refractivity contribution in [3.63, 3.8) is 0 Å². The van der Waals surface area contributed by atoms with Gasteiger partial charge in [-0.1, -0.05) is 30.3 Å². The third kappa shape index (κ3) is 4.03. The molecule has 1 aliphatic rings. The summed E-state index contributed by atoms with van der Waals surface area (Å²) < 4.78 is 5.35. The van der Waals surface area contributed by atoms with Crippen LogP contribution in [0.2, 0.25) is 0 Å². The van der Waals surface area contributed by atoms with Crippen molar-refractivity contribution in [1.82, 2.24) is 15.0 Å². The molecule has 2 aromatic heterocycles. The summed E-state index contributed by atoms with van der Waals surface area (Å²) in [5, 5.41) is 12.2. The summed E-state index contributed by atoms with van der Waals surface area (Å²) in [6.45, 7) is 2.97. The Bertz CT molecular complexity index is 970. The van der Waals surface area contributed by atoms with Gasteiger partial charge in [-0.05, 0) is 6.08 Å². The first-order valence-corrected chi connectivity index (χ1v) is 9.49. The van der Waals surface area contributed by atoms with Gasteiger partial charge in [0.1, 0.15) is 11.1 Å². The largest absolute Gasteiger partial charge is 0.378 e. The minimum absolute atomic E-state index is 0.505. The van der Waals surface area contributed by atoms with Gasteiger partial charge in [-0.25, -0.2) is 15.0 Å². The number of hydrogen-bond donors (Lipinski definition) is 0. The van der Waals surface area contributed by atoms with Gasteiger partial charge in [0.05, 0.1) is 24.5 Å². The lowest BCUT2D eigenvalue weighted by atomic mass is 10.2. The van der Waals surface area contributed by atoms with Crippen LogP contribution in [0.25, 0.3) is 22.9 Å². The number of rotatable bonds is 4. The van der Waals surface area contributed by atoms with Crippen LogP contribution >= 0.6 is 11.3 Å². The van der Waals surface area contributed by atoms with E-state index in [1.807, 2.05) is 35.7 Å². The summed E-state index contributed by atoms with van der Waals surface area (Å²) in [6, 6.07) is 12.2. The number of nitriles is 1. The van der Waals surface area contributed by atoms with Gasteiger partial charge >= 0.3 is 0 Å². The van der Waals surface area contributed by atoms with Gasteiger partial charge in [-0.2, -0.15) is 5.26 Å². The minimum Gasteiger partial charge on any atom is -0.378 e. The SMILES string of the molecule is N#CC(=Cc1cnc(N2CCOCC2)nc1)c1nc(-c2ccccc2)cs1. The Morgan fingerprint density at radius 2 is 1.89 bits per heavy atom. The molecule has 134 valence electrons. The molecule has 0 radical (unpaired) electrons. The number of ether oxygens (including phenoxy) is 1. The van der Waals surface area contributed by atoms with Crippen molar-refractivity contribution in [3.05, 3.63) is 58.7 Å². The zero-order valence-electron chi connectivity index (χ0n) is 14.6. The van der Waals surface area contributed by atoms with Gasteiger partial charge in [0.25, 0.3) is 0 Å². The number of benzene rings is 1. The van der Waals surface area contributed by atoms with Gasteiger partial charge in [-0.15, -0.1) is 11.3 Å². The van der Waals surface area contributed by atoms with E-state index in [4.69, 9.17) is 4.74 Å². The standard InChI is InChI=1S/C20H17N5OS/c21-11-17(19-24-18(14-27-19)16-4-2-1-3-5-16)10-15-12-22-20(23-13-15)25-6-8-26-9-7-25/h1-5,10,12-14H,6-9H2. The molecule has 1 saturated heterocycles. The number of nitrogens with zero attached hydrogens (tertiary/aromatic N) is 5. The Hall–Kier alpha value is -3.08. The van der Waals surface area contributed by atoms with Crippen molar-refractivity contribution >= 4 is 28.9 Å². The highest BCUT2D eigenvalue weighted by Gasteiger charge is 2.14. The first-order chi connectivity index (χ1) is 13.3. The lowest BCUT2D eigenvalue weighted by Gasteiger charge is -2.26. The van der Waals surface area contributed by atoms with Crippen LogP contribution in [-0.4, -0.2) is 41.3 Å². The molecule has 1 fully saturated rings. The monoisotopic (exact) mass is 375 g/mol. The molecule has 0 unspecified atom stereocenters. The van der Waals surface area contributed by atoms with Crippen LogP contribution in [0.3, 0.4) is 0 Å². The molecule has 3 aromatic rings. The molecular weight excluding hydrogens is 358 g/mol. The van der Waals surface area contributed by atoms with E-state index in [0.29, 0.717) is 29.7 Å². The van der Waals surface area contributed by atoms with Gasteiger partial charge < -0.3 is 9.64 Å². The minimum atomic E-state index is 0.505. The first-order valence-electron chi connectivity index (χ1n) is 8.61. The molecule has 0 aliphatic carbocycles. The van der Waals surface area contributed by atoms with Crippen LogP contribution in [0.4, 0.5) is 5.95 Å². The van der Waals surface area contributed by atoms with Crippen molar-refractivity contribution < 1.29 is 4.74 Å². The maximum Gasteiger partial charge on any atom is 0.225 e. The third-order valence-electron chi connectivity index (χ3n) is 4.19. The molecule has 0 N–H and O–H groups in total. The fourth-order valence-corrected chi connectivity index (χ4v) is 3.57. The highest BCUT2D eigenvalue weighted by molar-refractivity contribution is 7.11. The molecule has 7 heteroatoms. The Morgan fingerprint density at radius 1 is 1.15 bits per heavy atom. The molecule has 4 rings (SSSR count). The maximum absolute atomic E-state index is 9.56. The fraction of sp³-hybridized carbons (Fsp3) is 0.200. The van der Waals surface area contributed by atoms with E-state index in [0.717, 1.165) is 29.9 Å². The number of aromatic nitrogens is 3. The number of anilines is 1. The van der Waals surface area contributed by atoms with Gasteiger partial charge in [0, 0.05) is 42.0 Å². The second kappa shape index (κ2) is 8.08. The third-order valence-corrected chi connectivity index (χ3v) is 5.06. The van der Waals surface area contributed by atoms with Crippen LogP contribution < -0.4 is 4.90 Å². The summed E-state index contributed by atoms with van der Waals surface area (Å²) >= 11 is 1.46. The van der Waals surface area contributed by atoms with E-state index < -0.39 is 0 Å². The molecule has 0 bridgehead atoms. The van der Waals surface area contributed by atoms with Crippen molar-refractivity contribution in [2.45, 2.75) is 0 Å². The average Bonchev–Trinajstić information content (AvgIpc) is 3.24. The Labute approximate surface area is 161 Å². The van der Waals surface area contributed by atoms with Crippen molar-refractivity contribution in [3.8, 4) is 17.3 Å². The number of morpholine rings is 1. The zero-order chi connectivity index (χ0) is 18.5. The van der Waals surface area contributed by atoms with Crippen LogP contribution in [0, 0.1) is 11.3 Å². The van der Waals surface area contributed by atoms with Crippen LogP contribution in [0.15, 0.2) is 48.1 Å². The smallest absolute Gasteiger partial charge is 0.225 e. The molecule has 0 amide bonds. The Balaban J connectivity index is 1.55. The van der Waals surface area contributed by atoms with E-state index in [1.165, 1.54) is 11.3 Å². The zero-order valence-corrected chi connectivity index (χ0v) is 15.4. The van der Waals surface area contributed by atoms with Crippen molar-refractivity contribution in [2.75, 3.05) is 31.2 Å². The second-order valence-corrected chi connectivity index (χ2v) is 6.85. The molecule has 3 heterocycles. The van der Waals surface area contributed by atoms with E-state index in [9.17, 15) is 5.26 Å². The van der Waals surface area contributed by atoms with E-state index in [1.54, 1.807) is 18.5 Å². The summed E-state index contributed by atoms with van der Waals surface area (Å²) in [6.07, 6.45) is 5.25. The van der Waals surface area contributed by atoms with Crippen molar-refractivity contribution in [2.24, 2.45) is 0 Å². The predicted octanol–water partition coefficient (Wildman–Crippen LogP) is 3.50. The molecule has 1 aromatic carbocycles.